The molecule has 0 aliphatic carbocycles. The van der Waals surface area contributed by atoms with Crippen molar-refractivity contribution in [3.05, 3.63) is 340 Å². The van der Waals surface area contributed by atoms with E-state index in [2.05, 4.69) is 61.3 Å². The Morgan fingerprint density at radius 2 is 0.578 bits per heavy atom. The Kier molecular flexibility index (Phi) is 19.8. The molecule has 6 heterocycles. The first-order valence-corrected chi connectivity index (χ1v) is 38.7. The van der Waals surface area contributed by atoms with E-state index in [9.17, 15) is 50.0 Å². The van der Waals surface area contributed by atoms with Crippen molar-refractivity contribution in [2.45, 2.75) is 0 Å². The van der Waals surface area contributed by atoms with Crippen LogP contribution in [-0.4, -0.2) is 45.9 Å². The third-order valence-electron chi connectivity index (χ3n) is 22.1. The molecule has 0 bridgehead atoms. The van der Waals surface area contributed by atoms with E-state index >= 15 is 8.78 Å². The minimum absolute atomic E-state index is 0.00744. The number of pyridine rings is 3. The summed E-state index contributed by atoms with van der Waals surface area (Å²) in [6, 6.07) is 93.2. The average molecular weight is 1660 g/mol. The summed E-state index contributed by atoms with van der Waals surface area (Å²) < 4.78 is 89.8. The number of hydrogen-bond donors (Lipinski definition) is 0. The maximum atomic E-state index is 15.1. The SMILES string of the molecule is N#Cc1ccc(-c2ccc3c(c2)nc(-c2ccc(-c4c(C#N)cc(C#N)cc4C#N)cc2)c2ccc4nonc4c23)cc1.N#Cc1ccc(-c2ccc3c(c2)nc(-c2ccc(-c4c(F)c(C#N)c(F)c(C#N)c4F)cc2)c2ccc4nonc4c23)cc1.N#Cc1ccc(-c2nc3cc(-c4c(F)cc(C#N)cc4F)ccc3c3c2cc(-c2ccccc2)c2nonc23)cc1. The zero-order chi connectivity index (χ0) is 88.1. The maximum Gasteiger partial charge on any atom is 0.164 e. The van der Waals surface area contributed by atoms with E-state index in [-0.39, 0.29) is 38.9 Å². The van der Waals surface area contributed by atoms with Crippen LogP contribution < -0.4 is 0 Å². The van der Waals surface area contributed by atoms with Crippen molar-refractivity contribution in [1.82, 2.24) is 45.9 Å². The molecule has 0 N–H and O–H groups in total. The van der Waals surface area contributed by atoms with Gasteiger partial charge in [0.2, 0.25) is 0 Å². The number of rotatable bonds is 9. The molecule has 26 heteroatoms. The maximum absolute atomic E-state index is 15.1. The minimum atomic E-state index is -1.54. The van der Waals surface area contributed by atoms with Crippen LogP contribution in [0.5, 0.6) is 0 Å². The number of aromatic nitrogens is 9. The number of fused-ring (bicyclic) bond motifs is 15. The molecular weight excluding hydrogens is 1620 g/mol. The van der Waals surface area contributed by atoms with Crippen molar-refractivity contribution < 1.29 is 35.8 Å². The van der Waals surface area contributed by atoms with Crippen LogP contribution in [0.15, 0.2) is 275 Å². The Labute approximate surface area is 718 Å². The van der Waals surface area contributed by atoms with E-state index in [0.717, 1.165) is 111 Å². The van der Waals surface area contributed by atoms with E-state index in [1.54, 1.807) is 78.9 Å². The zero-order valence-electron chi connectivity index (χ0n) is 65.5. The fourth-order valence-corrected chi connectivity index (χ4v) is 16.1. The van der Waals surface area contributed by atoms with Gasteiger partial charge in [-0.25, -0.2) is 50.8 Å². The van der Waals surface area contributed by atoms with Gasteiger partial charge in [0.25, 0.3) is 0 Å². The van der Waals surface area contributed by atoms with Crippen LogP contribution in [-0.2, 0) is 0 Å². The molecule has 0 aliphatic heterocycles. The van der Waals surface area contributed by atoms with Crippen LogP contribution >= 0.6 is 0 Å². The fraction of sp³-hybridized carbons (Fsp3) is 0. The lowest BCUT2D eigenvalue weighted by Crippen LogP contribution is -2.03. The van der Waals surface area contributed by atoms with Gasteiger partial charge in [0, 0.05) is 76.3 Å². The van der Waals surface area contributed by atoms with Crippen molar-refractivity contribution in [3.63, 3.8) is 0 Å². The Bertz CT molecular complexity index is 8650. The Morgan fingerprint density at radius 1 is 0.227 bits per heavy atom. The molecule has 0 fully saturated rings. The molecule has 0 aliphatic rings. The van der Waals surface area contributed by atoms with Gasteiger partial charge >= 0.3 is 0 Å². The minimum Gasteiger partial charge on any atom is -0.247 e. The van der Waals surface area contributed by atoms with Crippen LogP contribution in [0.3, 0.4) is 0 Å². The quantitative estimate of drug-likeness (QED) is 0.0956. The second-order valence-electron chi connectivity index (χ2n) is 29.2. The van der Waals surface area contributed by atoms with Gasteiger partial charge in [-0.3, -0.25) is 0 Å². The van der Waals surface area contributed by atoms with Gasteiger partial charge in [-0.05, 0) is 185 Å². The zero-order valence-corrected chi connectivity index (χ0v) is 65.5. The molecule has 6 aromatic heterocycles. The normalized spacial score (nSPS) is 10.9. The van der Waals surface area contributed by atoms with Gasteiger partial charge < -0.3 is 0 Å². The van der Waals surface area contributed by atoms with Crippen LogP contribution in [0, 0.1) is 131 Å². The number of halogens is 5. The molecule has 0 atom stereocenters. The number of nitriles is 9. The topological polar surface area (TPSA) is 370 Å². The van der Waals surface area contributed by atoms with Crippen molar-refractivity contribution in [3.8, 4) is 155 Å². The second kappa shape index (κ2) is 32.3. The Hall–Kier alpha value is -19.4. The number of benzene rings is 15. The fourth-order valence-electron chi connectivity index (χ4n) is 16.1. The predicted molar refractivity (Wildman–Crippen MR) is 465 cm³/mol. The highest BCUT2D eigenvalue weighted by Crippen LogP contribution is 2.46. The van der Waals surface area contributed by atoms with Gasteiger partial charge in [0.1, 0.15) is 68.0 Å². The number of hydrogen-bond acceptors (Lipinski definition) is 21. The summed E-state index contributed by atoms with van der Waals surface area (Å²) in [4.78, 5) is 15.1. The Morgan fingerprint density at radius 3 is 1.02 bits per heavy atom. The van der Waals surface area contributed by atoms with E-state index in [1.165, 1.54) is 36.4 Å². The molecule has 594 valence electrons. The average Bonchev–Trinajstić information content (AvgIpc) is 1.53. The van der Waals surface area contributed by atoms with Crippen LogP contribution in [0.25, 0.3) is 199 Å². The molecule has 21 nitrogen and oxygen atoms in total. The molecule has 0 saturated heterocycles. The molecule has 21 aromatic rings. The number of nitrogens with zero attached hydrogens (tertiary/aromatic N) is 18. The van der Waals surface area contributed by atoms with Gasteiger partial charge in [0.15, 0.2) is 17.5 Å². The lowest BCUT2D eigenvalue weighted by Gasteiger charge is -2.14. The summed E-state index contributed by atoms with van der Waals surface area (Å²) in [6.45, 7) is 0. The van der Waals surface area contributed by atoms with Gasteiger partial charge in [0.05, 0.1) is 126 Å². The van der Waals surface area contributed by atoms with Crippen molar-refractivity contribution >= 4 is 98.1 Å². The molecule has 0 unspecified atom stereocenters. The van der Waals surface area contributed by atoms with E-state index in [1.807, 2.05) is 158 Å². The lowest BCUT2D eigenvalue weighted by molar-refractivity contribution is 0.316. The highest BCUT2D eigenvalue weighted by atomic mass is 19.2. The van der Waals surface area contributed by atoms with Crippen molar-refractivity contribution in [2.24, 2.45) is 0 Å². The second-order valence-corrected chi connectivity index (χ2v) is 29.2. The van der Waals surface area contributed by atoms with Crippen molar-refractivity contribution in [2.75, 3.05) is 0 Å². The van der Waals surface area contributed by atoms with E-state index in [4.69, 9.17) is 39.4 Å². The third-order valence-corrected chi connectivity index (χ3v) is 22.1. The summed E-state index contributed by atoms with van der Waals surface area (Å²) in [7, 11) is 0. The third kappa shape index (κ3) is 13.6. The summed E-state index contributed by atoms with van der Waals surface area (Å²) in [5, 5.41) is 116. The molecule has 0 radical (unpaired) electrons. The van der Waals surface area contributed by atoms with Crippen LogP contribution in [0.2, 0.25) is 0 Å². The summed E-state index contributed by atoms with van der Waals surface area (Å²) in [6.07, 6.45) is 0. The smallest absolute Gasteiger partial charge is 0.164 e. The van der Waals surface area contributed by atoms with E-state index in [0.29, 0.717) is 94.3 Å². The first-order valence-electron chi connectivity index (χ1n) is 38.7. The summed E-state index contributed by atoms with van der Waals surface area (Å²) in [5.74, 6) is -6.00. The highest BCUT2D eigenvalue weighted by Gasteiger charge is 2.29. The van der Waals surface area contributed by atoms with Crippen LogP contribution in [0.4, 0.5) is 22.0 Å². The standard InChI is InChI=1S/C35H15N7O.C34H13F3N6O.C33H15F2N5O/c36-16-20-1-3-22(4-2-20)25-9-10-28-31(15-25)40-34(29-11-12-30-35(33(28)29)42-43-41-30)24-7-5-23(6-8-24)32-26(18-38)13-21(17-37)14-27(32)19-39;35-30-24(15-39)31(36)28(32(37)25(30)16-40)19-5-7-20(8-6-19)33-23-11-12-26-34(43-44-42-26)29(23)22-10-9-21(13-27(22)41-33)18-3-1-17(14-38)2-4-18;34-26-12-19(17-37)13-27(35)29(26)22-10-11-23-28(14-22)38-31(21-8-6-18(16-36)7-9-21)25-15-24(20-4-2-1-3-5-20)32-33(30(23)25)40-41-39-32/h1-15H;1-13H;1-15H. The predicted octanol–water partition coefficient (Wildman–Crippen LogP) is 23.3. The van der Waals surface area contributed by atoms with Crippen molar-refractivity contribution in [1.29, 1.82) is 47.4 Å². The first kappa shape index (κ1) is 78.4. The molecular formula is C102H43F5N18O3. The molecule has 15 aromatic carbocycles. The van der Waals surface area contributed by atoms with Gasteiger partial charge in [-0.2, -0.15) is 47.4 Å². The molecule has 128 heavy (non-hydrogen) atoms. The largest absolute Gasteiger partial charge is 0.247 e. The molecule has 0 spiro atoms. The Balaban J connectivity index is 0.000000125. The van der Waals surface area contributed by atoms with Gasteiger partial charge in [-0.15, -0.1) is 0 Å². The van der Waals surface area contributed by atoms with E-state index < -0.39 is 45.8 Å². The first-order chi connectivity index (χ1) is 62.6. The summed E-state index contributed by atoms with van der Waals surface area (Å²) in [5.41, 5.74) is 15.4. The van der Waals surface area contributed by atoms with Crippen LogP contribution in [0.1, 0.15) is 50.1 Å². The molecule has 0 amide bonds. The van der Waals surface area contributed by atoms with Gasteiger partial charge in [-0.1, -0.05) is 152 Å². The molecule has 0 saturated carbocycles. The summed E-state index contributed by atoms with van der Waals surface area (Å²) >= 11 is 0. The monoisotopic (exact) mass is 1660 g/mol. The lowest BCUT2D eigenvalue weighted by atomic mass is 9.92. The highest BCUT2D eigenvalue weighted by molar-refractivity contribution is 6.25. The molecule has 21 rings (SSSR count).